The average molecular weight is 745 g/mol. The lowest BCUT2D eigenvalue weighted by Gasteiger charge is -2.48. The highest BCUT2D eigenvalue weighted by Gasteiger charge is 2.53. The van der Waals surface area contributed by atoms with Gasteiger partial charge in [0, 0.05) is 17.8 Å². The molecule has 3 aliphatic heterocycles. The number of hydrogen-bond acceptors (Lipinski definition) is 13. The third-order valence-corrected chi connectivity index (χ3v) is 11.2. The van der Waals surface area contributed by atoms with E-state index in [0.717, 1.165) is 0 Å². The lowest BCUT2D eigenvalue weighted by Crippen LogP contribution is -2.61. The highest BCUT2D eigenvalue weighted by molar-refractivity contribution is 6.00. The fraction of sp³-hybridized carbons (Fsp3) is 0.700. The molecule has 2 bridgehead atoms. The number of aliphatic hydroxyl groups is 1. The van der Waals surface area contributed by atoms with Gasteiger partial charge in [-0.15, -0.1) is 0 Å². The fourth-order valence-corrected chi connectivity index (χ4v) is 8.28. The standard InChI is InChI=1S/C40H60N2O11/c1-11-30-40(8,46)35-25(4)31(41-47)23(2)22-39(7,49-20-16-15-19-48-35)34(26(5)32(43)27(6)36(44)51-30)53-38-33(29(42(9)10)21-24(3)50-38)52-37(45)28-17-13-12-14-18-28/h12-18,23-27,29-30,33-35,38,46-47H,11,19-22H2,1-10H3/b16-15+,41-31+/t23-,24-,25+,26+,27?,29+,30-,33-,34-,35-,38+,39+,40-/m1/s1. The average Bonchev–Trinajstić information content (AvgIpc) is 3.11. The van der Waals surface area contributed by atoms with Crippen LogP contribution < -0.4 is 0 Å². The van der Waals surface area contributed by atoms with Crippen LogP contribution >= 0.6 is 0 Å². The van der Waals surface area contributed by atoms with Crippen LogP contribution in [0.3, 0.4) is 0 Å². The second-order valence-electron chi connectivity index (χ2n) is 15.6. The minimum atomic E-state index is -1.73. The Morgan fingerprint density at radius 1 is 1.02 bits per heavy atom. The van der Waals surface area contributed by atoms with Crippen LogP contribution in [0.2, 0.25) is 0 Å². The van der Waals surface area contributed by atoms with E-state index in [-0.39, 0.29) is 38.2 Å². The van der Waals surface area contributed by atoms with Gasteiger partial charge in [-0.25, -0.2) is 4.79 Å². The van der Waals surface area contributed by atoms with Gasteiger partial charge in [0.1, 0.15) is 17.6 Å². The van der Waals surface area contributed by atoms with Crippen LogP contribution in [0.1, 0.15) is 85.0 Å². The molecule has 1 unspecified atom stereocenters. The fourth-order valence-electron chi connectivity index (χ4n) is 8.28. The summed E-state index contributed by atoms with van der Waals surface area (Å²) in [4.78, 5) is 43.7. The molecule has 2 fully saturated rings. The molecule has 2 N–H and O–H groups in total. The minimum absolute atomic E-state index is 0.0854. The Labute approximate surface area is 313 Å². The third kappa shape index (κ3) is 9.55. The Morgan fingerprint density at radius 3 is 2.30 bits per heavy atom. The molecule has 0 saturated carbocycles. The molecule has 0 spiro atoms. The number of hydrogen-bond donors (Lipinski definition) is 2. The summed E-state index contributed by atoms with van der Waals surface area (Å²) in [6, 6.07) is 8.34. The zero-order chi connectivity index (χ0) is 39.2. The summed E-state index contributed by atoms with van der Waals surface area (Å²) in [6.07, 6.45) is -0.961. The zero-order valence-electron chi connectivity index (χ0n) is 32.9. The molecule has 13 heteroatoms. The molecule has 13 nitrogen and oxygen atoms in total. The number of Topliss-reactive ketones (excluding diaryl/α,β-unsaturated/α-hetero) is 1. The minimum Gasteiger partial charge on any atom is -0.459 e. The molecule has 0 aromatic heterocycles. The molecule has 1 aromatic rings. The zero-order valence-corrected chi connectivity index (χ0v) is 32.9. The van der Waals surface area contributed by atoms with Crippen LogP contribution in [0, 0.1) is 23.7 Å². The number of rotatable bonds is 6. The van der Waals surface area contributed by atoms with E-state index < -0.39 is 83.3 Å². The van der Waals surface area contributed by atoms with Gasteiger partial charge in [0.25, 0.3) is 0 Å². The smallest absolute Gasteiger partial charge is 0.338 e. The van der Waals surface area contributed by atoms with Gasteiger partial charge >= 0.3 is 11.9 Å². The van der Waals surface area contributed by atoms with Gasteiger partial charge in [-0.3, -0.25) is 9.59 Å². The summed E-state index contributed by atoms with van der Waals surface area (Å²) in [5, 5.41) is 26.3. The Hall–Kier alpha value is -3.20. The number of ether oxygens (including phenoxy) is 6. The quantitative estimate of drug-likeness (QED) is 0.135. The van der Waals surface area contributed by atoms with Gasteiger partial charge in [0.15, 0.2) is 18.2 Å². The second-order valence-corrected chi connectivity index (χ2v) is 15.6. The first kappa shape index (κ1) is 42.5. The lowest BCUT2D eigenvalue weighted by atomic mass is 9.73. The second kappa shape index (κ2) is 18.0. The van der Waals surface area contributed by atoms with Crippen molar-refractivity contribution in [3.63, 3.8) is 0 Å². The number of oxime groups is 1. The molecule has 0 aliphatic carbocycles. The summed E-state index contributed by atoms with van der Waals surface area (Å²) in [5.74, 6) is -5.20. The lowest BCUT2D eigenvalue weighted by molar-refractivity contribution is -0.295. The van der Waals surface area contributed by atoms with E-state index in [1.165, 1.54) is 13.8 Å². The number of ketones is 1. The van der Waals surface area contributed by atoms with Gasteiger partial charge in [-0.2, -0.15) is 0 Å². The van der Waals surface area contributed by atoms with Gasteiger partial charge in [0.05, 0.1) is 54.4 Å². The predicted molar refractivity (Wildman–Crippen MR) is 196 cm³/mol. The number of cyclic esters (lactones) is 1. The van der Waals surface area contributed by atoms with Gasteiger partial charge in [0.2, 0.25) is 0 Å². The first-order valence-corrected chi connectivity index (χ1v) is 18.8. The van der Waals surface area contributed by atoms with Crippen LogP contribution in [-0.2, 0) is 38.0 Å². The molecule has 53 heavy (non-hydrogen) atoms. The topological polar surface area (TPSA) is 163 Å². The van der Waals surface area contributed by atoms with Crippen molar-refractivity contribution < 1.29 is 53.1 Å². The van der Waals surface area contributed by atoms with E-state index in [1.54, 1.807) is 57.2 Å². The van der Waals surface area contributed by atoms with E-state index in [4.69, 9.17) is 28.4 Å². The van der Waals surface area contributed by atoms with Crippen molar-refractivity contribution >= 4 is 23.4 Å². The molecule has 296 valence electrons. The Morgan fingerprint density at radius 2 is 1.68 bits per heavy atom. The molecule has 0 amide bonds. The van der Waals surface area contributed by atoms with Crippen molar-refractivity contribution in [1.82, 2.24) is 4.90 Å². The molecule has 3 heterocycles. The van der Waals surface area contributed by atoms with Crippen LogP contribution in [0.25, 0.3) is 0 Å². The molecule has 3 aliphatic rings. The number of esters is 2. The number of nitrogens with zero attached hydrogens (tertiary/aromatic N) is 2. The Balaban J connectivity index is 1.88. The summed E-state index contributed by atoms with van der Waals surface area (Å²) in [5.41, 5.74) is -2.32. The molecule has 4 rings (SSSR count). The number of carbonyl (C=O) groups is 3. The molecular formula is C40H60N2O11. The number of fused-ring (bicyclic) bond motifs is 5. The van der Waals surface area contributed by atoms with Gasteiger partial charge in [-0.05, 0) is 73.2 Å². The van der Waals surface area contributed by atoms with Crippen molar-refractivity contribution in [2.75, 3.05) is 27.3 Å². The summed E-state index contributed by atoms with van der Waals surface area (Å²) >= 11 is 0. The van der Waals surface area contributed by atoms with Crippen LogP contribution in [-0.4, -0.2) is 120 Å². The van der Waals surface area contributed by atoms with Crippen molar-refractivity contribution in [1.29, 1.82) is 0 Å². The van der Waals surface area contributed by atoms with Crippen molar-refractivity contribution in [2.24, 2.45) is 28.8 Å². The van der Waals surface area contributed by atoms with Crippen molar-refractivity contribution in [2.45, 2.75) is 129 Å². The van der Waals surface area contributed by atoms with Gasteiger partial charge < -0.3 is 43.6 Å². The van der Waals surface area contributed by atoms with E-state index in [9.17, 15) is 24.7 Å². The molecule has 1 aromatic carbocycles. The highest BCUT2D eigenvalue weighted by atomic mass is 16.7. The third-order valence-electron chi connectivity index (χ3n) is 11.2. The van der Waals surface area contributed by atoms with Crippen LogP contribution in [0.15, 0.2) is 47.6 Å². The van der Waals surface area contributed by atoms with Crippen LogP contribution in [0.4, 0.5) is 0 Å². The highest BCUT2D eigenvalue weighted by Crippen LogP contribution is 2.40. The molecule has 13 atom stereocenters. The van der Waals surface area contributed by atoms with E-state index in [0.29, 0.717) is 17.7 Å². The molecule has 0 radical (unpaired) electrons. The molecular weight excluding hydrogens is 684 g/mol. The monoisotopic (exact) mass is 744 g/mol. The molecule has 2 saturated heterocycles. The SMILES string of the molecule is CC[C@H]1OC(=O)C(C)C(=O)[C@H](C)[C@@H](O[C@@H]2O[C@H](C)C[C@H](N(C)C)[C@H]2OC(=O)c2ccccc2)[C@]2(C)C[C@@H](C)/C(=N\O)[C@H](C)[C@@H](OC/C=C/CO2)[C@]1(C)O. The van der Waals surface area contributed by atoms with Gasteiger partial charge in [-0.1, -0.05) is 63.2 Å². The van der Waals surface area contributed by atoms with Crippen LogP contribution in [0.5, 0.6) is 0 Å². The van der Waals surface area contributed by atoms with Crippen molar-refractivity contribution in [3.8, 4) is 0 Å². The largest absolute Gasteiger partial charge is 0.459 e. The Kier molecular flexibility index (Phi) is 14.4. The maximum atomic E-state index is 14.4. The normalized spacial score (nSPS) is 40.7. The maximum Gasteiger partial charge on any atom is 0.338 e. The van der Waals surface area contributed by atoms with E-state index in [2.05, 4.69) is 5.16 Å². The van der Waals surface area contributed by atoms with Crippen molar-refractivity contribution in [3.05, 3.63) is 48.0 Å². The Bertz CT molecular complexity index is 1470. The summed E-state index contributed by atoms with van der Waals surface area (Å²) in [6.45, 7) is 14.1. The van der Waals surface area contributed by atoms with E-state index in [1.807, 2.05) is 45.8 Å². The first-order chi connectivity index (χ1) is 25.0. The number of benzene rings is 1. The predicted octanol–water partition coefficient (Wildman–Crippen LogP) is 4.81. The maximum absolute atomic E-state index is 14.4. The number of carbonyl (C=O) groups excluding carboxylic acids is 3. The number of likely N-dealkylation sites (N-methyl/N-ethyl adjacent to an activating group) is 1. The summed E-state index contributed by atoms with van der Waals surface area (Å²) < 4.78 is 38.4. The first-order valence-electron chi connectivity index (χ1n) is 18.8. The summed E-state index contributed by atoms with van der Waals surface area (Å²) in [7, 11) is 3.79. The van der Waals surface area contributed by atoms with E-state index >= 15 is 0 Å².